The van der Waals surface area contributed by atoms with Crippen molar-refractivity contribution >= 4 is 11.9 Å². The average Bonchev–Trinajstić information content (AvgIpc) is 2.28. The number of halogens is 1. The van der Waals surface area contributed by atoms with Crippen LogP contribution in [0.4, 0.5) is 4.39 Å². The number of aromatic nitrogens is 1. The standard InChI is InChI=1S/C11H13FN2O3/c1-6(11(16)17)7(2)14-10(15)9-4-3-8(12)5-13-9/h3-7H,1-2H3,(H,14,15)(H,16,17). The molecule has 5 nitrogen and oxygen atoms in total. The predicted molar refractivity (Wildman–Crippen MR) is 57.9 cm³/mol. The topological polar surface area (TPSA) is 79.3 Å². The lowest BCUT2D eigenvalue weighted by atomic mass is 10.0. The quantitative estimate of drug-likeness (QED) is 0.824. The van der Waals surface area contributed by atoms with E-state index < -0.39 is 29.7 Å². The molecule has 1 rings (SSSR count). The molecule has 0 radical (unpaired) electrons. The minimum atomic E-state index is -0.995. The van der Waals surface area contributed by atoms with E-state index in [0.717, 1.165) is 12.3 Å². The number of carbonyl (C=O) groups is 2. The zero-order valence-corrected chi connectivity index (χ0v) is 9.48. The first kappa shape index (κ1) is 13.1. The molecule has 0 saturated carbocycles. The Balaban J connectivity index is 2.66. The molecule has 0 fully saturated rings. The van der Waals surface area contributed by atoms with Gasteiger partial charge in [-0.1, -0.05) is 0 Å². The molecule has 0 aliphatic heterocycles. The number of hydrogen-bond donors (Lipinski definition) is 2. The first-order valence-electron chi connectivity index (χ1n) is 5.07. The summed E-state index contributed by atoms with van der Waals surface area (Å²) < 4.78 is 12.6. The van der Waals surface area contributed by atoms with E-state index in [1.807, 2.05) is 0 Å². The van der Waals surface area contributed by atoms with Crippen LogP contribution in [0.3, 0.4) is 0 Å². The van der Waals surface area contributed by atoms with Crippen LogP contribution < -0.4 is 5.32 Å². The van der Waals surface area contributed by atoms with Crippen LogP contribution in [0.5, 0.6) is 0 Å². The summed E-state index contributed by atoms with van der Waals surface area (Å²) in [4.78, 5) is 25.9. The fourth-order valence-electron chi connectivity index (χ4n) is 1.13. The molecule has 0 aliphatic carbocycles. The molecule has 92 valence electrons. The van der Waals surface area contributed by atoms with Crippen LogP contribution >= 0.6 is 0 Å². The van der Waals surface area contributed by atoms with Gasteiger partial charge in [0.05, 0.1) is 12.1 Å². The summed E-state index contributed by atoms with van der Waals surface area (Å²) in [5, 5.41) is 11.2. The molecular weight excluding hydrogens is 227 g/mol. The molecule has 2 unspecified atom stereocenters. The van der Waals surface area contributed by atoms with E-state index in [4.69, 9.17) is 5.11 Å². The highest BCUT2D eigenvalue weighted by Gasteiger charge is 2.21. The average molecular weight is 240 g/mol. The van der Waals surface area contributed by atoms with Crippen LogP contribution in [0.1, 0.15) is 24.3 Å². The highest BCUT2D eigenvalue weighted by atomic mass is 19.1. The Bertz CT molecular complexity index is 419. The minimum absolute atomic E-state index is 0.0517. The Morgan fingerprint density at radius 1 is 1.41 bits per heavy atom. The van der Waals surface area contributed by atoms with E-state index >= 15 is 0 Å². The second kappa shape index (κ2) is 5.38. The van der Waals surface area contributed by atoms with Crippen LogP contribution in [-0.4, -0.2) is 28.0 Å². The van der Waals surface area contributed by atoms with E-state index in [1.54, 1.807) is 6.92 Å². The van der Waals surface area contributed by atoms with E-state index in [9.17, 15) is 14.0 Å². The summed E-state index contributed by atoms with van der Waals surface area (Å²) in [6.07, 6.45) is 0.931. The molecule has 1 amide bonds. The van der Waals surface area contributed by atoms with Crippen molar-refractivity contribution < 1.29 is 19.1 Å². The fraction of sp³-hybridized carbons (Fsp3) is 0.364. The molecule has 0 aromatic carbocycles. The molecule has 1 aromatic rings. The van der Waals surface area contributed by atoms with Crippen molar-refractivity contribution in [1.82, 2.24) is 10.3 Å². The zero-order valence-electron chi connectivity index (χ0n) is 9.48. The molecule has 0 bridgehead atoms. The lowest BCUT2D eigenvalue weighted by molar-refractivity contribution is -0.141. The summed E-state index contributed by atoms with van der Waals surface area (Å²) in [6, 6.07) is 1.82. The van der Waals surface area contributed by atoms with Crippen molar-refractivity contribution in [3.63, 3.8) is 0 Å². The smallest absolute Gasteiger partial charge is 0.308 e. The SMILES string of the molecule is CC(NC(=O)c1ccc(F)cn1)C(C)C(=O)O. The second-order valence-corrected chi connectivity index (χ2v) is 3.75. The maximum absolute atomic E-state index is 12.6. The molecule has 1 heterocycles. The largest absolute Gasteiger partial charge is 0.481 e. The Labute approximate surface area is 97.7 Å². The van der Waals surface area contributed by atoms with Gasteiger partial charge in [0, 0.05) is 6.04 Å². The molecule has 0 aliphatic rings. The predicted octanol–water partition coefficient (Wildman–Crippen LogP) is 1.06. The Kier molecular flexibility index (Phi) is 4.14. The molecule has 0 saturated heterocycles. The van der Waals surface area contributed by atoms with Crippen molar-refractivity contribution in [3.8, 4) is 0 Å². The molecular formula is C11H13FN2O3. The Morgan fingerprint density at radius 2 is 2.06 bits per heavy atom. The summed E-state index contributed by atoms with van der Waals surface area (Å²) >= 11 is 0. The zero-order chi connectivity index (χ0) is 13.0. The Hall–Kier alpha value is -1.98. The van der Waals surface area contributed by atoms with Gasteiger partial charge in [-0.15, -0.1) is 0 Å². The summed E-state index contributed by atoms with van der Waals surface area (Å²) in [5.41, 5.74) is 0.0517. The summed E-state index contributed by atoms with van der Waals surface area (Å²) in [5.74, 6) is -2.76. The van der Waals surface area contributed by atoms with Crippen molar-refractivity contribution in [2.45, 2.75) is 19.9 Å². The van der Waals surface area contributed by atoms with Gasteiger partial charge in [-0.25, -0.2) is 9.37 Å². The molecule has 2 atom stereocenters. The fourth-order valence-corrected chi connectivity index (χ4v) is 1.13. The van der Waals surface area contributed by atoms with Crippen LogP contribution in [0.25, 0.3) is 0 Å². The van der Waals surface area contributed by atoms with E-state index in [0.29, 0.717) is 0 Å². The van der Waals surface area contributed by atoms with Gasteiger partial charge >= 0.3 is 5.97 Å². The monoisotopic (exact) mass is 240 g/mol. The van der Waals surface area contributed by atoms with Gasteiger partial charge in [-0.3, -0.25) is 9.59 Å². The molecule has 17 heavy (non-hydrogen) atoms. The first-order valence-corrected chi connectivity index (χ1v) is 5.07. The number of amides is 1. The third kappa shape index (κ3) is 3.51. The van der Waals surface area contributed by atoms with Gasteiger partial charge in [0.1, 0.15) is 11.5 Å². The van der Waals surface area contributed by atoms with Crippen molar-refractivity contribution in [3.05, 3.63) is 29.8 Å². The Morgan fingerprint density at radius 3 is 2.53 bits per heavy atom. The van der Waals surface area contributed by atoms with Crippen LogP contribution in [-0.2, 0) is 4.79 Å². The van der Waals surface area contributed by atoms with Crippen LogP contribution in [0, 0.1) is 11.7 Å². The maximum Gasteiger partial charge on any atom is 0.308 e. The number of carboxylic acid groups (broad SMARTS) is 1. The molecule has 6 heteroatoms. The van der Waals surface area contributed by atoms with Crippen LogP contribution in [0.2, 0.25) is 0 Å². The van der Waals surface area contributed by atoms with Crippen molar-refractivity contribution in [2.75, 3.05) is 0 Å². The van der Waals surface area contributed by atoms with Gasteiger partial charge < -0.3 is 10.4 Å². The third-order valence-corrected chi connectivity index (χ3v) is 2.46. The third-order valence-electron chi connectivity index (χ3n) is 2.46. The van der Waals surface area contributed by atoms with Gasteiger partial charge in [-0.2, -0.15) is 0 Å². The number of nitrogens with one attached hydrogen (secondary N) is 1. The van der Waals surface area contributed by atoms with Gasteiger partial charge in [0.2, 0.25) is 0 Å². The van der Waals surface area contributed by atoms with Gasteiger partial charge in [0.25, 0.3) is 5.91 Å². The van der Waals surface area contributed by atoms with E-state index in [1.165, 1.54) is 13.0 Å². The van der Waals surface area contributed by atoms with E-state index in [-0.39, 0.29) is 5.69 Å². The highest BCUT2D eigenvalue weighted by Crippen LogP contribution is 2.04. The van der Waals surface area contributed by atoms with Gasteiger partial charge in [0.15, 0.2) is 0 Å². The second-order valence-electron chi connectivity index (χ2n) is 3.75. The lowest BCUT2D eigenvalue weighted by Crippen LogP contribution is -2.40. The van der Waals surface area contributed by atoms with Crippen molar-refractivity contribution in [1.29, 1.82) is 0 Å². The van der Waals surface area contributed by atoms with Crippen LogP contribution in [0.15, 0.2) is 18.3 Å². The van der Waals surface area contributed by atoms with Gasteiger partial charge in [-0.05, 0) is 26.0 Å². The number of rotatable bonds is 4. The normalized spacial score (nSPS) is 13.8. The number of aliphatic carboxylic acids is 1. The van der Waals surface area contributed by atoms with Crippen molar-refractivity contribution in [2.24, 2.45) is 5.92 Å². The first-order chi connectivity index (χ1) is 7.91. The number of pyridine rings is 1. The molecule has 0 spiro atoms. The highest BCUT2D eigenvalue weighted by molar-refractivity contribution is 5.92. The van der Waals surface area contributed by atoms with E-state index in [2.05, 4.69) is 10.3 Å². The number of nitrogens with zero attached hydrogens (tertiary/aromatic N) is 1. The number of hydrogen-bond acceptors (Lipinski definition) is 3. The summed E-state index contributed by atoms with van der Waals surface area (Å²) in [6.45, 7) is 3.07. The molecule has 2 N–H and O–H groups in total. The summed E-state index contributed by atoms with van der Waals surface area (Å²) in [7, 11) is 0. The lowest BCUT2D eigenvalue weighted by Gasteiger charge is -2.17. The number of carbonyl (C=O) groups excluding carboxylic acids is 1. The number of carboxylic acids is 1. The molecule has 1 aromatic heterocycles. The maximum atomic E-state index is 12.6. The minimum Gasteiger partial charge on any atom is -0.481 e.